The Morgan fingerprint density at radius 3 is 2.65 bits per heavy atom. The van der Waals surface area contributed by atoms with E-state index in [4.69, 9.17) is 4.42 Å². The van der Waals surface area contributed by atoms with Crippen LogP contribution in [0.2, 0.25) is 0 Å². The van der Waals surface area contributed by atoms with Crippen LogP contribution in [0.1, 0.15) is 43.9 Å². The van der Waals surface area contributed by atoms with Crippen molar-refractivity contribution in [2.45, 2.75) is 38.6 Å². The molecule has 1 aromatic heterocycles. The number of rotatable bonds is 6. The number of hydrogen-bond acceptors (Lipinski definition) is 3. The third kappa shape index (κ3) is 2.63. The van der Waals surface area contributed by atoms with Gasteiger partial charge in [-0.15, -0.1) is 0 Å². The Hall–Kier alpha value is -1.61. The Labute approximate surface area is 120 Å². The first-order chi connectivity index (χ1) is 9.71. The SMILES string of the molecule is CC(C)CNCc1ncc(C2(c3ccccc3)CC2)o1. The van der Waals surface area contributed by atoms with Gasteiger partial charge in [-0.1, -0.05) is 44.2 Å². The quantitative estimate of drug-likeness (QED) is 0.873. The normalized spacial score (nSPS) is 16.6. The Kier molecular flexibility index (Phi) is 3.62. The molecule has 0 amide bonds. The summed E-state index contributed by atoms with van der Waals surface area (Å²) in [5.41, 5.74) is 1.43. The number of benzene rings is 1. The van der Waals surface area contributed by atoms with Crippen molar-refractivity contribution in [3.05, 3.63) is 53.7 Å². The molecule has 3 rings (SSSR count). The topological polar surface area (TPSA) is 38.1 Å². The summed E-state index contributed by atoms with van der Waals surface area (Å²) in [6.07, 6.45) is 4.22. The van der Waals surface area contributed by atoms with E-state index in [1.165, 1.54) is 5.56 Å². The first-order valence-corrected chi connectivity index (χ1v) is 7.42. The van der Waals surface area contributed by atoms with Crippen molar-refractivity contribution in [1.82, 2.24) is 10.3 Å². The van der Waals surface area contributed by atoms with Gasteiger partial charge in [0.15, 0.2) is 0 Å². The third-order valence-corrected chi connectivity index (χ3v) is 3.93. The van der Waals surface area contributed by atoms with Crippen LogP contribution in [0.5, 0.6) is 0 Å². The number of aromatic nitrogens is 1. The molecule has 1 aliphatic rings. The molecule has 0 unspecified atom stereocenters. The molecule has 20 heavy (non-hydrogen) atoms. The maximum Gasteiger partial charge on any atom is 0.208 e. The van der Waals surface area contributed by atoms with E-state index in [9.17, 15) is 0 Å². The van der Waals surface area contributed by atoms with Gasteiger partial charge in [0.05, 0.1) is 18.2 Å². The van der Waals surface area contributed by atoms with E-state index in [-0.39, 0.29) is 5.41 Å². The van der Waals surface area contributed by atoms with Crippen LogP contribution in [0.25, 0.3) is 0 Å². The summed E-state index contributed by atoms with van der Waals surface area (Å²) in [6.45, 7) is 6.09. The zero-order valence-corrected chi connectivity index (χ0v) is 12.2. The van der Waals surface area contributed by atoms with Crippen molar-refractivity contribution >= 4 is 0 Å². The monoisotopic (exact) mass is 270 g/mol. The van der Waals surface area contributed by atoms with E-state index >= 15 is 0 Å². The fourth-order valence-electron chi connectivity index (χ4n) is 2.64. The molecule has 1 heterocycles. The van der Waals surface area contributed by atoms with E-state index in [1.54, 1.807) is 0 Å². The molecule has 1 N–H and O–H groups in total. The summed E-state index contributed by atoms with van der Waals surface area (Å²) < 4.78 is 5.97. The van der Waals surface area contributed by atoms with Crippen LogP contribution in [0.3, 0.4) is 0 Å². The molecular weight excluding hydrogens is 248 g/mol. The highest BCUT2D eigenvalue weighted by Gasteiger charge is 2.48. The van der Waals surface area contributed by atoms with Crippen molar-refractivity contribution < 1.29 is 4.42 Å². The second kappa shape index (κ2) is 5.41. The van der Waals surface area contributed by atoms with Crippen molar-refractivity contribution in [3.8, 4) is 0 Å². The van der Waals surface area contributed by atoms with Crippen LogP contribution in [0.4, 0.5) is 0 Å². The molecule has 1 saturated carbocycles. The first kappa shape index (κ1) is 13.4. The fraction of sp³-hybridized carbons (Fsp3) is 0.471. The summed E-state index contributed by atoms with van der Waals surface area (Å²) in [7, 11) is 0. The van der Waals surface area contributed by atoms with Crippen molar-refractivity contribution in [2.75, 3.05) is 6.54 Å². The van der Waals surface area contributed by atoms with E-state index in [0.29, 0.717) is 12.5 Å². The number of nitrogens with zero attached hydrogens (tertiary/aromatic N) is 1. The molecule has 1 fully saturated rings. The average Bonchev–Trinajstić information content (AvgIpc) is 3.13. The fourth-order valence-corrected chi connectivity index (χ4v) is 2.64. The Morgan fingerprint density at radius 2 is 2.00 bits per heavy atom. The van der Waals surface area contributed by atoms with Gasteiger partial charge in [0, 0.05) is 0 Å². The van der Waals surface area contributed by atoms with Gasteiger partial charge >= 0.3 is 0 Å². The third-order valence-electron chi connectivity index (χ3n) is 3.93. The number of nitrogens with one attached hydrogen (secondary N) is 1. The molecule has 3 nitrogen and oxygen atoms in total. The number of hydrogen-bond donors (Lipinski definition) is 1. The van der Waals surface area contributed by atoms with Crippen molar-refractivity contribution in [1.29, 1.82) is 0 Å². The van der Waals surface area contributed by atoms with E-state index in [0.717, 1.165) is 31.0 Å². The lowest BCUT2D eigenvalue weighted by molar-refractivity contribution is 0.410. The van der Waals surface area contributed by atoms with Crippen LogP contribution in [0.15, 0.2) is 40.9 Å². The summed E-state index contributed by atoms with van der Waals surface area (Å²) in [5, 5.41) is 3.37. The van der Waals surface area contributed by atoms with Crippen LogP contribution in [-0.2, 0) is 12.0 Å². The minimum absolute atomic E-state index is 0.0879. The maximum absolute atomic E-state index is 5.97. The molecule has 0 radical (unpaired) electrons. The smallest absolute Gasteiger partial charge is 0.208 e. The van der Waals surface area contributed by atoms with Gasteiger partial charge in [0.25, 0.3) is 0 Å². The van der Waals surface area contributed by atoms with Crippen molar-refractivity contribution in [2.24, 2.45) is 5.92 Å². The summed E-state index contributed by atoms with van der Waals surface area (Å²) in [4.78, 5) is 4.42. The standard InChI is InChI=1S/C17H22N2O/c1-13(2)10-18-12-16-19-11-15(20-16)17(8-9-17)14-6-4-3-5-7-14/h3-7,11,13,18H,8-10,12H2,1-2H3. The molecule has 0 bridgehead atoms. The predicted molar refractivity (Wildman–Crippen MR) is 79.5 cm³/mol. The molecule has 0 saturated heterocycles. The molecule has 3 heteroatoms. The lowest BCUT2D eigenvalue weighted by atomic mass is 9.94. The van der Waals surface area contributed by atoms with Gasteiger partial charge in [0.1, 0.15) is 5.76 Å². The molecule has 0 aliphatic heterocycles. The highest BCUT2D eigenvalue weighted by molar-refractivity contribution is 5.39. The van der Waals surface area contributed by atoms with Crippen LogP contribution in [-0.4, -0.2) is 11.5 Å². The van der Waals surface area contributed by atoms with E-state index in [2.05, 4.69) is 54.5 Å². The highest BCUT2D eigenvalue weighted by Crippen LogP contribution is 2.53. The minimum Gasteiger partial charge on any atom is -0.443 e. The van der Waals surface area contributed by atoms with Crippen LogP contribution < -0.4 is 5.32 Å². The molecule has 1 aliphatic carbocycles. The molecule has 2 aromatic rings. The molecule has 1 aromatic carbocycles. The minimum atomic E-state index is 0.0879. The van der Waals surface area contributed by atoms with Gasteiger partial charge in [-0.25, -0.2) is 4.98 Å². The van der Waals surface area contributed by atoms with Crippen LogP contribution in [0, 0.1) is 5.92 Å². The lowest BCUT2D eigenvalue weighted by Crippen LogP contribution is -2.19. The second-order valence-electron chi connectivity index (χ2n) is 6.09. The van der Waals surface area contributed by atoms with E-state index in [1.807, 2.05) is 6.20 Å². The van der Waals surface area contributed by atoms with Gasteiger partial charge < -0.3 is 9.73 Å². The maximum atomic E-state index is 5.97. The zero-order chi connectivity index (χ0) is 14.0. The Morgan fingerprint density at radius 1 is 1.25 bits per heavy atom. The van der Waals surface area contributed by atoms with Gasteiger partial charge in [-0.2, -0.15) is 0 Å². The summed E-state index contributed by atoms with van der Waals surface area (Å²) >= 11 is 0. The molecule has 0 spiro atoms. The molecular formula is C17H22N2O. The van der Waals surface area contributed by atoms with Gasteiger partial charge in [-0.05, 0) is 30.9 Å². The lowest BCUT2D eigenvalue weighted by Gasteiger charge is -2.11. The Balaban J connectivity index is 1.71. The molecule has 0 atom stereocenters. The van der Waals surface area contributed by atoms with E-state index < -0.39 is 0 Å². The highest BCUT2D eigenvalue weighted by atomic mass is 16.4. The van der Waals surface area contributed by atoms with Gasteiger partial charge in [-0.3, -0.25) is 0 Å². The second-order valence-corrected chi connectivity index (χ2v) is 6.09. The van der Waals surface area contributed by atoms with Crippen LogP contribution >= 0.6 is 0 Å². The first-order valence-electron chi connectivity index (χ1n) is 7.42. The average molecular weight is 270 g/mol. The summed E-state index contributed by atoms with van der Waals surface area (Å²) in [5.74, 6) is 2.46. The molecule has 106 valence electrons. The van der Waals surface area contributed by atoms with Gasteiger partial charge in [0.2, 0.25) is 5.89 Å². The number of oxazole rings is 1. The Bertz CT molecular complexity index is 555. The summed E-state index contributed by atoms with van der Waals surface area (Å²) in [6, 6.07) is 10.6. The zero-order valence-electron chi connectivity index (χ0n) is 12.2. The predicted octanol–water partition coefficient (Wildman–Crippen LogP) is 3.50. The largest absolute Gasteiger partial charge is 0.443 e. The van der Waals surface area contributed by atoms with Crippen molar-refractivity contribution in [3.63, 3.8) is 0 Å².